The van der Waals surface area contributed by atoms with Crippen LogP contribution in [0.1, 0.15) is 31.7 Å². The van der Waals surface area contributed by atoms with Crippen LogP contribution in [0, 0.1) is 0 Å². The van der Waals surface area contributed by atoms with Crippen molar-refractivity contribution in [3.63, 3.8) is 0 Å². The van der Waals surface area contributed by atoms with E-state index in [1.165, 1.54) is 0 Å². The van der Waals surface area contributed by atoms with E-state index in [0.29, 0.717) is 25.9 Å². The molecule has 0 unspecified atom stereocenters. The predicted molar refractivity (Wildman–Crippen MR) is 69.4 cm³/mol. The number of hydrogen-bond acceptors (Lipinski definition) is 4. The Kier molecular flexibility index (Phi) is 4.68. The van der Waals surface area contributed by atoms with Gasteiger partial charge in [-0.1, -0.05) is 30.3 Å². The Morgan fingerprint density at radius 1 is 1.42 bits per heavy atom. The number of Topliss-reactive ketones (excluding diaryl/α,β-unsaturated/α-hetero) is 1. The zero-order valence-electron chi connectivity index (χ0n) is 11.0. The molecule has 1 aliphatic heterocycles. The van der Waals surface area contributed by atoms with Gasteiger partial charge in [-0.25, -0.2) is 0 Å². The SMILES string of the molecule is CC(=O)C[C@H](C[C@H]1CC(=O)O1)OCc1ccccc1. The van der Waals surface area contributed by atoms with Crippen LogP contribution in [0.5, 0.6) is 0 Å². The molecule has 0 radical (unpaired) electrons. The van der Waals surface area contributed by atoms with Gasteiger partial charge in [-0.2, -0.15) is 0 Å². The van der Waals surface area contributed by atoms with Crippen molar-refractivity contribution >= 4 is 11.8 Å². The summed E-state index contributed by atoms with van der Waals surface area (Å²) >= 11 is 0. The van der Waals surface area contributed by atoms with Crippen LogP contribution in [-0.4, -0.2) is 24.0 Å². The summed E-state index contributed by atoms with van der Waals surface area (Å²) in [6, 6.07) is 9.81. The van der Waals surface area contributed by atoms with E-state index in [0.717, 1.165) is 5.56 Å². The van der Waals surface area contributed by atoms with Gasteiger partial charge < -0.3 is 9.47 Å². The van der Waals surface area contributed by atoms with Gasteiger partial charge in [-0.15, -0.1) is 0 Å². The predicted octanol–water partition coefficient (Wildman–Crippen LogP) is 2.26. The molecule has 1 fully saturated rings. The minimum absolute atomic E-state index is 0.0868. The molecule has 102 valence electrons. The summed E-state index contributed by atoms with van der Waals surface area (Å²) in [5.74, 6) is -0.0849. The third-order valence-electron chi connectivity index (χ3n) is 3.06. The molecular formula is C15H18O4. The summed E-state index contributed by atoms with van der Waals surface area (Å²) < 4.78 is 10.7. The fraction of sp³-hybridized carbons (Fsp3) is 0.467. The summed E-state index contributed by atoms with van der Waals surface area (Å²) in [5, 5.41) is 0. The zero-order valence-corrected chi connectivity index (χ0v) is 11.0. The Hall–Kier alpha value is -1.68. The number of benzene rings is 1. The Morgan fingerprint density at radius 2 is 2.11 bits per heavy atom. The lowest BCUT2D eigenvalue weighted by Crippen LogP contribution is -2.36. The highest BCUT2D eigenvalue weighted by Gasteiger charge is 2.31. The van der Waals surface area contributed by atoms with Crippen molar-refractivity contribution < 1.29 is 19.1 Å². The lowest BCUT2D eigenvalue weighted by Gasteiger charge is -2.29. The highest BCUT2D eigenvalue weighted by molar-refractivity contribution is 5.76. The Balaban J connectivity index is 1.83. The van der Waals surface area contributed by atoms with Crippen molar-refractivity contribution in [3.8, 4) is 0 Å². The number of ether oxygens (including phenoxy) is 2. The number of hydrogen-bond donors (Lipinski definition) is 0. The number of carbonyl (C=O) groups is 2. The average molecular weight is 262 g/mol. The molecule has 0 spiro atoms. The number of cyclic esters (lactones) is 1. The minimum Gasteiger partial charge on any atom is -0.462 e. The highest BCUT2D eigenvalue weighted by Crippen LogP contribution is 2.22. The lowest BCUT2D eigenvalue weighted by atomic mass is 10.0. The third kappa shape index (κ3) is 4.48. The first-order chi connectivity index (χ1) is 9.13. The molecule has 1 saturated heterocycles. The zero-order chi connectivity index (χ0) is 13.7. The van der Waals surface area contributed by atoms with Crippen LogP contribution < -0.4 is 0 Å². The van der Waals surface area contributed by atoms with Gasteiger partial charge in [0.15, 0.2) is 0 Å². The van der Waals surface area contributed by atoms with Crippen molar-refractivity contribution in [1.29, 1.82) is 0 Å². The first-order valence-electron chi connectivity index (χ1n) is 6.48. The molecule has 4 nitrogen and oxygen atoms in total. The van der Waals surface area contributed by atoms with Crippen LogP contribution in [-0.2, 0) is 25.7 Å². The van der Waals surface area contributed by atoms with Crippen LogP contribution in [0.3, 0.4) is 0 Å². The van der Waals surface area contributed by atoms with Crippen LogP contribution in [0.4, 0.5) is 0 Å². The third-order valence-corrected chi connectivity index (χ3v) is 3.06. The molecule has 0 N–H and O–H groups in total. The van der Waals surface area contributed by atoms with Crippen molar-refractivity contribution in [2.75, 3.05) is 0 Å². The number of ketones is 1. The van der Waals surface area contributed by atoms with E-state index in [1.807, 2.05) is 30.3 Å². The molecule has 1 aliphatic rings. The van der Waals surface area contributed by atoms with E-state index in [2.05, 4.69) is 0 Å². The molecular weight excluding hydrogens is 244 g/mol. The maximum Gasteiger partial charge on any atom is 0.309 e. The van der Waals surface area contributed by atoms with Gasteiger partial charge in [0.25, 0.3) is 0 Å². The first-order valence-corrected chi connectivity index (χ1v) is 6.48. The molecule has 0 bridgehead atoms. The summed E-state index contributed by atoms with van der Waals surface area (Å²) in [5.41, 5.74) is 1.07. The van der Waals surface area contributed by atoms with E-state index in [1.54, 1.807) is 6.92 Å². The van der Waals surface area contributed by atoms with Gasteiger partial charge >= 0.3 is 5.97 Å². The van der Waals surface area contributed by atoms with E-state index in [9.17, 15) is 9.59 Å². The van der Waals surface area contributed by atoms with Gasteiger partial charge in [0.05, 0.1) is 19.1 Å². The maximum atomic E-state index is 11.2. The Labute approximate surface area is 112 Å². The van der Waals surface area contributed by atoms with E-state index < -0.39 is 0 Å². The van der Waals surface area contributed by atoms with Crippen molar-refractivity contribution in [2.24, 2.45) is 0 Å². The number of rotatable bonds is 7. The molecule has 0 aromatic heterocycles. The van der Waals surface area contributed by atoms with Crippen LogP contribution in [0.15, 0.2) is 30.3 Å². The summed E-state index contributed by atoms with van der Waals surface area (Å²) in [7, 11) is 0. The number of esters is 1. The Bertz CT molecular complexity index is 433. The quantitative estimate of drug-likeness (QED) is 0.707. The van der Waals surface area contributed by atoms with Crippen LogP contribution in [0.2, 0.25) is 0 Å². The maximum absolute atomic E-state index is 11.2. The van der Waals surface area contributed by atoms with Crippen LogP contribution in [0.25, 0.3) is 0 Å². The van der Waals surface area contributed by atoms with Gasteiger partial charge in [0.2, 0.25) is 0 Å². The van der Waals surface area contributed by atoms with Crippen molar-refractivity contribution in [1.82, 2.24) is 0 Å². The molecule has 1 aromatic rings. The first kappa shape index (κ1) is 13.7. The molecule has 2 rings (SSSR count). The summed E-state index contributed by atoms with van der Waals surface area (Å²) in [6.07, 6.45) is 1.12. The molecule has 0 amide bonds. The topological polar surface area (TPSA) is 52.6 Å². The standard InChI is InChI=1S/C15H18O4/c1-11(16)7-13(8-14-9-15(17)19-14)18-10-12-5-3-2-4-6-12/h2-6,13-14H,7-10H2,1H3/t13-,14+/m1/s1. The van der Waals surface area contributed by atoms with Crippen molar-refractivity contribution in [3.05, 3.63) is 35.9 Å². The molecule has 19 heavy (non-hydrogen) atoms. The second-order valence-electron chi connectivity index (χ2n) is 4.88. The second kappa shape index (κ2) is 6.48. The van der Waals surface area contributed by atoms with Gasteiger partial charge in [0.1, 0.15) is 11.9 Å². The largest absolute Gasteiger partial charge is 0.462 e. The highest BCUT2D eigenvalue weighted by atomic mass is 16.6. The van der Waals surface area contributed by atoms with Crippen molar-refractivity contribution in [2.45, 2.75) is 45.0 Å². The monoisotopic (exact) mass is 262 g/mol. The lowest BCUT2D eigenvalue weighted by molar-refractivity contribution is -0.173. The molecule has 1 heterocycles. The second-order valence-corrected chi connectivity index (χ2v) is 4.88. The molecule has 1 aromatic carbocycles. The van der Waals surface area contributed by atoms with Gasteiger partial charge in [-0.05, 0) is 12.5 Å². The smallest absolute Gasteiger partial charge is 0.309 e. The van der Waals surface area contributed by atoms with Crippen LogP contribution >= 0.6 is 0 Å². The van der Waals surface area contributed by atoms with Gasteiger partial charge in [0, 0.05) is 12.8 Å². The molecule has 0 aliphatic carbocycles. The summed E-state index contributed by atoms with van der Waals surface area (Å²) in [4.78, 5) is 22.0. The minimum atomic E-state index is -0.184. The fourth-order valence-corrected chi connectivity index (χ4v) is 2.11. The van der Waals surface area contributed by atoms with E-state index >= 15 is 0 Å². The van der Waals surface area contributed by atoms with Gasteiger partial charge in [-0.3, -0.25) is 9.59 Å². The fourth-order valence-electron chi connectivity index (χ4n) is 2.11. The normalized spacial score (nSPS) is 19.4. The molecule has 2 atom stereocenters. The van der Waals surface area contributed by atoms with E-state index in [4.69, 9.17) is 9.47 Å². The Morgan fingerprint density at radius 3 is 2.68 bits per heavy atom. The summed E-state index contributed by atoms with van der Waals surface area (Å²) in [6.45, 7) is 2.02. The van der Waals surface area contributed by atoms with E-state index in [-0.39, 0.29) is 24.0 Å². The number of carbonyl (C=O) groups excluding carboxylic acids is 2. The average Bonchev–Trinajstić information content (AvgIpc) is 2.34. The molecule has 4 heteroatoms. The molecule has 0 saturated carbocycles.